The molecule has 2 aromatic rings. The van der Waals surface area contributed by atoms with Crippen LogP contribution in [0.15, 0.2) is 42.5 Å². The molecule has 0 aliphatic rings. The summed E-state index contributed by atoms with van der Waals surface area (Å²) in [5, 5.41) is 12.1. The van der Waals surface area contributed by atoms with Gasteiger partial charge in [0.1, 0.15) is 17.6 Å². The van der Waals surface area contributed by atoms with E-state index in [2.05, 4.69) is 10.1 Å². The van der Waals surface area contributed by atoms with Crippen molar-refractivity contribution in [3.63, 3.8) is 0 Å². The van der Waals surface area contributed by atoms with Crippen LogP contribution in [0.1, 0.15) is 24.1 Å². The van der Waals surface area contributed by atoms with Crippen LogP contribution < -0.4 is 10.1 Å². The number of nitriles is 1. The van der Waals surface area contributed by atoms with E-state index in [4.69, 9.17) is 5.26 Å². The van der Waals surface area contributed by atoms with Crippen molar-refractivity contribution >= 4 is 5.69 Å². The molecule has 0 fully saturated rings. The first-order valence-corrected chi connectivity index (χ1v) is 6.50. The van der Waals surface area contributed by atoms with Gasteiger partial charge < -0.3 is 10.1 Å². The van der Waals surface area contributed by atoms with E-state index in [-0.39, 0.29) is 17.4 Å². The van der Waals surface area contributed by atoms with Gasteiger partial charge in [-0.1, -0.05) is 12.1 Å². The third-order valence-electron chi connectivity index (χ3n) is 3.08. The van der Waals surface area contributed by atoms with Gasteiger partial charge in [0, 0.05) is 6.04 Å². The van der Waals surface area contributed by atoms with Crippen LogP contribution in [0, 0.1) is 17.1 Å². The van der Waals surface area contributed by atoms with Gasteiger partial charge in [0.25, 0.3) is 0 Å². The van der Waals surface area contributed by atoms with Crippen LogP contribution in [-0.4, -0.2) is 6.61 Å². The van der Waals surface area contributed by atoms with Gasteiger partial charge in [-0.15, -0.1) is 0 Å². The molecule has 22 heavy (non-hydrogen) atoms. The molecule has 0 aliphatic heterocycles. The summed E-state index contributed by atoms with van der Waals surface area (Å²) in [6.45, 7) is -1.02. The molecule has 0 radical (unpaired) electrons. The number of rotatable bonds is 5. The van der Waals surface area contributed by atoms with Gasteiger partial charge in [0.05, 0.1) is 11.3 Å². The number of alkyl halides is 2. The number of nitrogens with zero attached hydrogens (tertiary/aromatic N) is 1. The predicted molar refractivity (Wildman–Crippen MR) is 76.2 cm³/mol. The molecule has 2 rings (SSSR count). The number of halogens is 3. The summed E-state index contributed by atoms with van der Waals surface area (Å²) in [7, 11) is 0. The fourth-order valence-electron chi connectivity index (χ4n) is 1.99. The second kappa shape index (κ2) is 6.85. The zero-order chi connectivity index (χ0) is 16.1. The molecule has 6 heteroatoms. The van der Waals surface area contributed by atoms with E-state index in [1.54, 1.807) is 12.1 Å². The minimum atomic E-state index is -2.86. The van der Waals surface area contributed by atoms with Crippen molar-refractivity contribution < 1.29 is 17.9 Å². The highest BCUT2D eigenvalue weighted by Crippen LogP contribution is 2.24. The fourth-order valence-corrected chi connectivity index (χ4v) is 1.99. The van der Waals surface area contributed by atoms with Crippen molar-refractivity contribution in [2.45, 2.75) is 19.6 Å². The molecule has 2 aromatic carbocycles. The fraction of sp³-hybridized carbons (Fsp3) is 0.188. The van der Waals surface area contributed by atoms with Gasteiger partial charge in [0.15, 0.2) is 0 Å². The molecular weight excluding hydrogens is 293 g/mol. The lowest BCUT2D eigenvalue weighted by atomic mass is 10.1. The third-order valence-corrected chi connectivity index (χ3v) is 3.08. The van der Waals surface area contributed by atoms with Gasteiger partial charge in [-0.2, -0.15) is 14.0 Å². The monoisotopic (exact) mass is 306 g/mol. The number of benzene rings is 2. The zero-order valence-corrected chi connectivity index (χ0v) is 11.7. The summed E-state index contributed by atoms with van der Waals surface area (Å²) in [5.74, 6) is -0.409. The number of ether oxygens (including phenoxy) is 1. The van der Waals surface area contributed by atoms with Crippen molar-refractivity contribution in [1.29, 1.82) is 5.26 Å². The first-order valence-electron chi connectivity index (χ1n) is 6.50. The van der Waals surface area contributed by atoms with Crippen molar-refractivity contribution in [2.75, 3.05) is 5.32 Å². The second-order valence-corrected chi connectivity index (χ2v) is 4.62. The minimum absolute atomic E-state index is 0.0745. The molecule has 0 aromatic heterocycles. The zero-order valence-electron chi connectivity index (χ0n) is 11.7. The Hall–Kier alpha value is -2.68. The molecular formula is C16H13F3N2O. The van der Waals surface area contributed by atoms with Gasteiger partial charge in [0.2, 0.25) is 0 Å². The quantitative estimate of drug-likeness (QED) is 0.886. The molecule has 1 unspecified atom stereocenters. The Balaban J connectivity index is 2.12. The third kappa shape index (κ3) is 3.92. The summed E-state index contributed by atoms with van der Waals surface area (Å²) in [6, 6.07) is 11.8. The van der Waals surface area contributed by atoms with Gasteiger partial charge in [-0.25, -0.2) is 4.39 Å². The van der Waals surface area contributed by atoms with Crippen molar-refractivity contribution in [2.24, 2.45) is 0 Å². The van der Waals surface area contributed by atoms with Crippen LogP contribution >= 0.6 is 0 Å². The maximum Gasteiger partial charge on any atom is 0.387 e. The number of hydrogen-bond donors (Lipinski definition) is 1. The van der Waals surface area contributed by atoms with Crippen molar-refractivity contribution in [3.05, 3.63) is 59.4 Å². The largest absolute Gasteiger partial charge is 0.435 e. The molecule has 0 saturated carbocycles. The average molecular weight is 306 g/mol. The molecule has 1 atom stereocenters. The van der Waals surface area contributed by atoms with Crippen molar-refractivity contribution in [3.8, 4) is 11.8 Å². The second-order valence-electron chi connectivity index (χ2n) is 4.62. The van der Waals surface area contributed by atoms with E-state index in [0.29, 0.717) is 5.69 Å². The van der Waals surface area contributed by atoms with Crippen LogP contribution in [0.4, 0.5) is 18.9 Å². The minimum Gasteiger partial charge on any atom is -0.435 e. The SMILES string of the molecule is CC(Nc1ccc(F)cc1C#N)c1ccc(OC(F)F)cc1. The van der Waals surface area contributed by atoms with Crippen LogP contribution in [0.5, 0.6) is 5.75 Å². The lowest BCUT2D eigenvalue weighted by Gasteiger charge is -2.17. The van der Waals surface area contributed by atoms with Crippen LogP contribution in [0.3, 0.4) is 0 Å². The molecule has 3 nitrogen and oxygen atoms in total. The average Bonchev–Trinajstić information content (AvgIpc) is 2.49. The van der Waals surface area contributed by atoms with Gasteiger partial charge in [-0.05, 0) is 42.8 Å². The lowest BCUT2D eigenvalue weighted by Crippen LogP contribution is -2.08. The van der Waals surface area contributed by atoms with Crippen LogP contribution in [0.2, 0.25) is 0 Å². The standard InChI is InChI=1S/C16H13F3N2O/c1-10(11-2-5-14(6-3-11)22-16(18)19)21-15-7-4-13(17)8-12(15)9-20/h2-8,10,16,21H,1H3. The normalized spacial score (nSPS) is 11.8. The maximum atomic E-state index is 13.1. The molecule has 0 bridgehead atoms. The van der Waals surface area contributed by atoms with Crippen LogP contribution in [-0.2, 0) is 0 Å². The summed E-state index contributed by atoms with van der Waals surface area (Å²) >= 11 is 0. The predicted octanol–water partition coefficient (Wildman–Crippen LogP) is 4.47. The van der Waals surface area contributed by atoms with Crippen molar-refractivity contribution in [1.82, 2.24) is 0 Å². The molecule has 0 heterocycles. The summed E-state index contributed by atoms with van der Waals surface area (Å²) in [5.41, 5.74) is 1.52. The molecule has 0 saturated heterocycles. The van der Waals surface area contributed by atoms with Crippen LogP contribution in [0.25, 0.3) is 0 Å². The topological polar surface area (TPSA) is 45.0 Å². The Morgan fingerprint density at radius 3 is 2.41 bits per heavy atom. The Kier molecular flexibility index (Phi) is 4.89. The Bertz CT molecular complexity index is 681. The first kappa shape index (κ1) is 15.7. The highest BCUT2D eigenvalue weighted by molar-refractivity contribution is 5.58. The highest BCUT2D eigenvalue weighted by atomic mass is 19.3. The Morgan fingerprint density at radius 1 is 1.14 bits per heavy atom. The molecule has 0 spiro atoms. The summed E-state index contributed by atoms with van der Waals surface area (Å²) < 4.78 is 41.5. The van der Waals surface area contributed by atoms with E-state index >= 15 is 0 Å². The molecule has 1 N–H and O–H groups in total. The smallest absolute Gasteiger partial charge is 0.387 e. The maximum absolute atomic E-state index is 13.1. The van der Waals surface area contributed by atoms with Gasteiger partial charge in [-0.3, -0.25) is 0 Å². The Morgan fingerprint density at radius 2 is 1.82 bits per heavy atom. The highest BCUT2D eigenvalue weighted by Gasteiger charge is 2.10. The van der Waals surface area contributed by atoms with E-state index in [9.17, 15) is 13.2 Å². The molecule has 114 valence electrons. The van der Waals surface area contributed by atoms with E-state index in [1.807, 2.05) is 13.0 Å². The van der Waals surface area contributed by atoms with Gasteiger partial charge >= 0.3 is 6.61 Å². The summed E-state index contributed by atoms with van der Waals surface area (Å²) in [6.07, 6.45) is 0. The van der Waals surface area contributed by atoms with E-state index < -0.39 is 12.4 Å². The first-order chi connectivity index (χ1) is 10.5. The molecule has 0 amide bonds. The summed E-state index contributed by atoms with van der Waals surface area (Å²) in [4.78, 5) is 0. The number of anilines is 1. The number of nitrogens with one attached hydrogen (secondary N) is 1. The lowest BCUT2D eigenvalue weighted by molar-refractivity contribution is -0.0498. The van der Waals surface area contributed by atoms with E-state index in [0.717, 1.165) is 11.6 Å². The molecule has 0 aliphatic carbocycles. The van der Waals surface area contributed by atoms with E-state index in [1.165, 1.54) is 24.3 Å². The number of hydrogen-bond acceptors (Lipinski definition) is 3. The Labute approximate surface area is 126 Å².